The lowest BCUT2D eigenvalue weighted by Gasteiger charge is -2.52. The van der Waals surface area contributed by atoms with Crippen LogP contribution in [0.15, 0.2) is 54.1 Å². The normalized spacial score (nSPS) is 26.3. The van der Waals surface area contributed by atoms with Crippen molar-refractivity contribution in [3.8, 4) is 11.5 Å². The SMILES string of the molecule is O=C(NCCCCOc1ccc(C(=C2C3CC4CC(C3)CC2C4)c2ccc(O)cc2)cc1)C1CCCCCC1. The second kappa shape index (κ2) is 12.2. The molecule has 208 valence electrons. The number of unbranched alkanes of at least 4 members (excludes halogenated alkanes) is 1. The average Bonchev–Trinajstić information content (AvgIpc) is 3.23. The van der Waals surface area contributed by atoms with Gasteiger partial charge in [-0.2, -0.15) is 0 Å². The fourth-order valence-corrected chi connectivity index (χ4v) is 8.26. The van der Waals surface area contributed by atoms with E-state index < -0.39 is 0 Å². The molecular formula is C35H45NO3. The smallest absolute Gasteiger partial charge is 0.223 e. The average molecular weight is 528 g/mol. The van der Waals surface area contributed by atoms with Crippen LogP contribution in [-0.4, -0.2) is 24.2 Å². The summed E-state index contributed by atoms with van der Waals surface area (Å²) in [5, 5.41) is 13.1. The molecular weight excluding hydrogens is 482 g/mol. The highest BCUT2D eigenvalue weighted by Crippen LogP contribution is 2.58. The molecule has 5 aliphatic carbocycles. The van der Waals surface area contributed by atoms with Crippen LogP contribution in [0.5, 0.6) is 11.5 Å². The quantitative estimate of drug-likeness (QED) is 0.257. The Morgan fingerprint density at radius 1 is 0.769 bits per heavy atom. The van der Waals surface area contributed by atoms with Gasteiger partial charge in [-0.1, -0.05) is 55.5 Å². The maximum absolute atomic E-state index is 12.4. The van der Waals surface area contributed by atoms with Crippen molar-refractivity contribution in [3.05, 3.63) is 65.2 Å². The maximum atomic E-state index is 12.4. The van der Waals surface area contributed by atoms with Gasteiger partial charge in [0.15, 0.2) is 0 Å². The number of aromatic hydroxyl groups is 1. The number of rotatable bonds is 9. The predicted octanol–water partition coefficient (Wildman–Crippen LogP) is 7.90. The molecule has 5 aliphatic rings. The Bertz CT molecular complexity index is 1110. The summed E-state index contributed by atoms with van der Waals surface area (Å²) >= 11 is 0. The highest BCUT2D eigenvalue weighted by Gasteiger charge is 2.46. The van der Waals surface area contributed by atoms with E-state index in [9.17, 15) is 9.90 Å². The molecule has 2 aromatic carbocycles. The second-order valence-corrected chi connectivity index (χ2v) is 12.7. The van der Waals surface area contributed by atoms with E-state index in [0.29, 0.717) is 24.2 Å². The van der Waals surface area contributed by atoms with Gasteiger partial charge in [0.1, 0.15) is 11.5 Å². The molecule has 0 aliphatic heterocycles. The zero-order valence-electron chi connectivity index (χ0n) is 23.4. The van der Waals surface area contributed by atoms with Crippen molar-refractivity contribution in [1.29, 1.82) is 0 Å². The lowest BCUT2D eigenvalue weighted by Crippen LogP contribution is -2.40. The van der Waals surface area contributed by atoms with E-state index in [2.05, 4.69) is 41.7 Å². The molecule has 0 aromatic heterocycles. The predicted molar refractivity (Wildman–Crippen MR) is 157 cm³/mol. The van der Waals surface area contributed by atoms with Gasteiger partial charge in [0, 0.05) is 12.5 Å². The van der Waals surface area contributed by atoms with Crippen LogP contribution in [0.1, 0.15) is 94.6 Å². The Morgan fingerprint density at radius 3 is 1.97 bits per heavy atom. The van der Waals surface area contributed by atoms with Gasteiger partial charge in [0.05, 0.1) is 6.61 Å². The first-order valence-electron chi connectivity index (χ1n) is 15.7. The molecule has 0 heterocycles. The number of carbonyl (C=O) groups is 1. The Morgan fingerprint density at radius 2 is 1.36 bits per heavy atom. The summed E-state index contributed by atoms with van der Waals surface area (Å²) < 4.78 is 6.08. The highest BCUT2D eigenvalue weighted by molar-refractivity contribution is 5.83. The molecule has 0 radical (unpaired) electrons. The standard InChI is InChI=1S/C35H45NO3/c37-31-13-9-26(10-14-31)33(34-29-20-24-19-25(22-29)23-30(34)21-24)27-11-15-32(16-12-27)39-18-6-5-17-36-35(38)28-7-3-1-2-4-8-28/h9-16,24-25,28-30,37H,1-8,17-23H2,(H,36,38). The number of allylic oxidation sites excluding steroid dienone is 1. The Kier molecular flexibility index (Phi) is 8.27. The monoisotopic (exact) mass is 527 g/mol. The molecule has 7 rings (SSSR count). The molecule has 2 N–H and O–H groups in total. The molecule has 4 nitrogen and oxygen atoms in total. The van der Waals surface area contributed by atoms with Gasteiger partial charge in [-0.25, -0.2) is 0 Å². The molecule has 5 fully saturated rings. The lowest BCUT2D eigenvalue weighted by atomic mass is 9.53. The van der Waals surface area contributed by atoms with E-state index in [4.69, 9.17) is 4.74 Å². The topological polar surface area (TPSA) is 58.6 Å². The molecule has 0 unspecified atom stereocenters. The second-order valence-electron chi connectivity index (χ2n) is 12.7. The Labute approximate surface area is 234 Å². The zero-order chi connectivity index (χ0) is 26.6. The first-order valence-corrected chi connectivity index (χ1v) is 15.7. The molecule has 0 saturated heterocycles. The summed E-state index contributed by atoms with van der Waals surface area (Å²) in [4.78, 5) is 12.4. The molecule has 0 spiro atoms. The third-order valence-electron chi connectivity index (χ3n) is 9.97. The van der Waals surface area contributed by atoms with Crippen molar-refractivity contribution < 1.29 is 14.6 Å². The molecule has 0 atom stereocenters. The fraction of sp³-hybridized carbons (Fsp3) is 0.571. The molecule has 39 heavy (non-hydrogen) atoms. The first kappa shape index (κ1) is 26.5. The third-order valence-corrected chi connectivity index (χ3v) is 9.97. The summed E-state index contributed by atoms with van der Waals surface area (Å²) in [6.07, 6.45) is 15.8. The van der Waals surface area contributed by atoms with Crippen molar-refractivity contribution in [2.45, 2.75) is 83.5 Å². The van der Waals surface area contributed by atoms with Gasteiger partial charge in [-0.15, -0.1) is 0 Å². The van der Waals surface area contributed by atoms with Gasteiger partial charge < -0.3 is 15.2 Å². The number of hydrogen-bond acceptors (Lipinski definition) is 3. The molecule has 5 saturated carbocycles. The zero-order valence-corrected chi connectivity index (χ0v) is 23.4. The molecule has 4 heteroatoms. The van der Waals surface area contributed by atoms with Crippen LogP contribution in [0, 0.1) is 29.6 Å². The van der Waals surface area contributed by atoms with Gasteiger partial charge in [0.25, 0.3) is 0 Å². The minimum atomic E-state index is 0.225. The van der Waals surface area contributed by atoms with Crippen molar-refractivity contribution in [2.75, 3.05) is 13.2 Å². The number of amides is 1. The van der Waals surface area contributed by atoms with Gasteiger partial charge in [-0.3, -0.25) is 4.79 Å². The number of phenolic OH excluding ortho intramolecular Hbond substituents is 1. The Balaban J connectivity index is 1.06. The molecule has 1 amide bonds. The van der Waals surface area contributed by atoms with Crippen molar-refractivity contribution >= 4 is 11.5 Å². The van der Waals surface area contributed by atoms with Gasteiger partial charge >= 0.3 is 0 Å². The largest absolute Gasteiger partial charge is 0.508 e. The van der Waals surface area contributed by atoms with Crippen LogP contribution in [0.3, 0.4) is 0 Å². The number of carbonyl (C=O) groups excluding carboxylic acids is 1. The summed E-state index contributed by atoms with van der Waals surface area (Å²) in [5.74, 6) is 4.99. The van der Waals surface area contributed by atoms with Crippen molar-refractivity contribution in [1.82, 2.24) is 5.32 Å². The van der Waals surface area contributed by atoms with E-state index in [1.807, 2.05) is 12.1 Å². The van der Waals surface area contributed by atoms with E-state index in [0.717, 1.165) is 49.8 Å². The van der Waals surface area contributed by atoms with Crippen LogP contribution < -0.4 is 10.1 Å². The number of ether oxygens (including phenoxy) is 1. The van der Waals surface area contributed by atoms with E-state index in [1.54, 1.807) is 5.57 Å². The summed E-state index contributed by atoms with van der Waals surface area (Å²) in [5.41, 5.74) is 5.54. The van der Waals surface area contributed by atoms with Crippen LogP contribution in [0.25, 0.3) is 5.57 Å². The van der Waals surface area contributed by atoms with E-state index >= 15 is 0 Å². The van der Waals surface area contributed by atoms with Crippen LogP contribution >= 0.6 is 0 Å². The van der Waals surface area contributed by atoms with Gasteiger partial charge in [-0.05, 0) is 122 Å². The molecule has 4 bridgehead atoms. The molecule has 2 aromatic rings. The first-order chi connectivity index (χ1) is 19.1. The van der Waals surface area contributed by atoms with Crippen molar-refractivity contribution in [2.24, 2.45) is 29.6 Å². The summed E-state index contributed by atoms with van der Waals surface area (Å²) in [7, 11) is 0. The Hall–Kier alpha value is -2.75. The minimum Gasteiger partial charge on any atom is -0.508 e. The number of nitrogens with one attached hydrogen (secondary N) is 1. The minimum absolute atomic E-state index is 0.225. The van der Waals surface area contributed by atoms with Crippen molar-refractivity contribution in [3.63, 3.8) is 0 Å². The van der Waals surface area contributed by atoms with Crippen LogP contribution in [-0.2, 0) is 4.79 Å². The lowest BCUT2D eigenvalue weighted by molar-refractivity contribution is -0.125. The fourth-order valence-electron chi connectivity index (χ4n) is 8.26. The summed E-state index contributed by atoms with van der Waals surface area (Å²) in [6.45, 7) is 1.41. The number of phenols is 1. The van der Waals surface area contributed by atoms with Crippen LogP contribution in [0.2, 0.25) is 0 Å². The number of hydrogen-bond donors (Lipinski definition) is 2. The summed E-state index contributed by atoms with van der Waals surface area (Å²) in [6, 6.07) is 16.5. The maximum Gasteiger partial charge on any atom is 0.223 e. The van der Waals surface area contributed by atoms with E-state index in [-0.39, 0.29) is 11.8 Å². The van der Waals surface area contributed by atoms with Gasteiger partial charge in [0.2, 0.25) is 5.91 Å². The van der Waals surface area contributed by atoms with E-state index in [1.165, 1.54) is 74.5 Å². The number of benzene rings is 2. The third kappa shape index (κ3) is 6.21. The van der Waals surface area contributed by atoms with Crippen LogP contribution in [0.4, 0.5) is 0 Å². The highest BCUT2D eigenvalue weighted by atomic mass is 16.5.